The van der Waals surface area contributed by atoms with Crippen molar-refractivity contribution in [3.8, 4) is 11.5 Å². The molecule has 0 saturated heterocycles. The van der Waals surface area contributed by atoms with Gasteiger partial charge in [-0.25, -0.2) is 4.79 Å². The number of hydrogen-bond acceptors (Lipinski definition) is 6. The Bertz CT molecular complexity index is 770. The highest BCUT2D eigenvalue weighted by Gasteiger charge is 2.09. The molecular formula is C21H26O6. The van der Waals surface area contributed by atoms with E-state index >= 15 is 0 Å². The molecule has 0 aliphatic rings. The Morgan fingerprint density at radius 2 is 1.63 bits per heavy atom. The van der Waals surface area contributed by atoms with Gasteiger partial charge in [0.25, 0.3) is 0 Å². The molecule has 0 aliphatic carbocycles. The summed E-state index contributed by atoms with van der Waals surface area (Å²) in [6.45, 7) is 8.23. The average molecular weight is 374 g/mol. The number of benzene rings is 2. The number of methoxy groups -OCH3 is 1. The smallest absolute Gasteiger partial charge is 0.333 e. The third-order valence-corrected chi connectivity index (χ3v) is 3.76. The Morgan fingerprint density at radius 3 is 2.30 bits per heavy atom. The van der Waals surface area contributed by atoms with Crippen LogP contribution < -0.4 is 9.47 Å². The van der Waals surface area contributed by atoms with E-state index in [1.807, 2.05) is 43.3 Å². The summed E-state index contributed by atoms with van der Waals surface area (Å²) in [6, 6.07) is 11.6. The normalized spacial score (nSPS) is 11.8. The molecule has 1 atom stereocenters. The maximum atomic E-state index is 11.2. The van der Waals surface area contributed by atoms with E-state index in [2.05, 4.69) is 6.58 Å². The Kier molecular flexibility index (Phi) is 8.10. The topological polar surface area (TPSA) is 63.2 Å². The zero-order valence-electron chi connectivity index (χ0n) is 16.0. The van der Waals surface area contributed by atoms with Crippen LogP contribution in [-0.4, -0.2) is 45.8 Å². The number of carbonyl (C=O) groups excluding carboxylic acids is 1. The van der Waals surface area contributed by atoms with E-state index in [1.54, 1.807) is 14.0 Å². The highest BCUT2D eigenvalue weighted by Crippen LogP contribution is 2.32. The maximum absolute atomic E-state index is 11.2. The zero-order valence-corrected chi connectivity index (χ0v) is 16.0. The van der Waals surface area contributed by atoms with Crippen LogP contribution in [0.2, 0.25) is 0 Å². The first kappa shape index (κ1) is 20.7. The second-order valence-electron chi connectivity index (χ2n) is 5.91. The van der Waals surface area contributed by atoms with Crippen molar-refractivity contribution in [3.63, 3.8) is 0 Å². The molecule has 0 fully saturated rings. The van der Waals surface area contributed by atoms with Gasteiger partial charge in [-0.2, -0.15) is 0 Å². The number of fused-ring (bicyclic) bond motifs is 1. The van der Waals surface area contributed by atoms with Crippen molar-refractivity contribution in [2.75, 3.05) is 33.5 Å². The van der Waals surface area contributed by atoms with Crippen molar-refractivity contribution in [1.82, 2.24) is 0 Å². The van der Waals surface area contributed by atoms with Gasteiger partial charge in [0.05, 0.1) is 13.2 Å². The van der Waals surface area contributed by atoms with Gasteiger partial charge < -0.3 is 23.7 Å². The summed E-state index contributed by atoms with van der Waals surface area (Å²) >= 11 is 0. The molecule has 27 heavy (non-hydrogen) atoms. The summed E-state index contributed by atoms with van der Waals surface area (Å²) in [5.74, 6) is 1.08. The lowest BCUT2D eigenvalue weighted by Crippen LogP contribution is -2.14. The van der Waals surface area contributed by atoms with E-state index in [1.165, 1.54) is 0 Å². The molecular weight excluding hydrogens is 348 g/mol. The van der Waals surface area contributed by atoms with E-state index in [9.17, 15) is 4.79 Å². The average Bonchev–Trinajstić information content (AvgIpc) is 2.67. The minimum Gasteiger partial charge on any atom is -0.491 e. The van der Waals surface area contributed by atoms with Crippen LogP contribution in [0.25, 0.3) is 10.8 Å². The van der Waals surface area contributed by atoms with Crippen LogP contribution in [0.3, 0.4) is 0 Å². The maximum Gasteiger partial charge on any atom is 0.333 e. The summed E-state index contributed by atoms with van der Waals surface area (Å²) in [6.07, 6.45) is -0.340. The summed E-state index contributed by atoms with van der Waals surface area (Å²) in [4.78, 5) is 11.2. The number of rotatable bonds is 11. The van der Waals surface area contributed by atoms with Gasteiger partial charge in [0.15, 0.2) is 6.29 Å². The van der Waals surface area contributed by atoms with Crippen LogP contribution in [0.4, 0.5) is 0 Å². The molecule has 0 N–H and O–H groups in total. The SMILES string of the molecule is C=C(C)C(=O)OCCOCCOc1cccc2c(OC(C)OC)cccc12. The number of carbonyl (C=O) groups is 1. The van der Waals surface area contributed by atoms with Gasteiger partial charge in [-0.3, -0.25) is 0 Å². The Balaban J connectivity index is 1.85. The van der Waals surface area contributed by atoms with Gasteiger partial charge in [0.1, 0.15) is 24.7 Å². The lowest BCUT2D eigenvalue weighted by molar-refractivity contribution is -0.140. The summed E-state index contributed by atoms with van der Waals surface area (Å²) in [7, 11) is 1.60. The number of ether oxygens (including phenoxy) is 5. The molecule has 0 aliphatic heterocycles. The second-order valence-corrected chi connectivity index (χ2v) is 5.91. The fraction of sp³-hybridized carbons (Fsp3) is 0.381. The van der Waals surface area contributed by atoms with Crippen LogP contribution in [0.15, 0.2) is 48.6 Å². The number of hydrogen-bond donors (Lipinski definition) is 0. The lowest BCUT2D eigenvalue weighted by Gasteiger charge is -2.16. The van der Waals surface area contributed by atoms with Crippen molar-refractivity contribution in [2.24, 2.45) is 0 Å². The molecule has 0 radical (unpaired) electrons. The van der Waals surface area contributed by atoms with Crippen LogP contribution in [0.1, 0.15) is 13.8 Å². The molecule has 146 valence electrons. The lowest BCUT2D eigenvalue weighted by atomic mass is 10.1. The first-order valence-corrected chi connectivity index (χ1v) is 8.77. The largest absolute Gasteiger partial charge is 0.491 e. The Labute approximate surface area is 159 Å². The molecule has 0 spiro atoms. The summed E-state index contributed by atoms with van der Waals surface area (Å²) < 4.78 is 27.2. The van der Waals surface area contributed by atoms with Gasteiger partial charge in [0.2, 0.25) is 0 Å². The standard InChI is InChI=1S/C21H26O6/c1-15(2)21(22)26-14-12-24-11-13-25-19-9-5-8-18-17(19)7-6-10-20(18)27-16(3)23-4/h5-10,16H,1,11-14H2,2-4H3. The van der Waals surface area contributed by atoms with Gasteiger partial charge in [-0.05, 0) is 26.0 Å². The van der Waals surface area contributed by atoms with Crippen LogP contribution >= 0.6 is 0 Å². The van der Waals surface area contributed by atoms with Crippen molar-refractivity contribution in [3.05, 3.63) is 48.6 Å². The van der Waals surface area contributed by atoms with Crippen molar-refractivity contribution < 1.29 is 28.5 Å². The van der Waals surface area contributed by atoms with Crippen LogP contribution in [0.5, 0.6) is 11.5 Å². The van der Waals surface area contributed by atoms with E-state index < -0.39 is 5.97 Å². The fourth-order valence-corrected chi connectivity index (χ4v) is 2.34. The Morgan fingerprint density at radius 1 is 1.00 bits per heavy atom. The second kappa shape index (κ2) is 10.5. The van der Waals surface area contributed by atoms with Crippen molar-refractivity contribution >= 4 is 16.7 Å². The monoisotopic (exact) mass is 374 g/mol. The molecule has 0 bridgehead atoms. The quantitative estimate of drug-likeness (QED) is 0.258. The first-order chi connectivity index (χ1) is 13.0. The van der Waals surface area contributed by atoms with Gasteiger partial charge >= 0.3 is 5.97 Å². The van der Waals surface area contributed by atoms with Crippen LogP contribution in [-0.2, 0) is 19.0 Å². The highest BCUT2D eigenvalue weighted by atomic mass is 16.7. The molecule has 0 aromatic heterocycles. The molecule has 2 aromatic carbocycles. The Hall–Kier alpha value is -2.57. The fourth-order valence-electron chi connectivity index (χ4n) is 2.34. The van der Waals surface area contributed by atoms with E-state index in [0.717, 1.165) is 22.3 Å². The van der Waals surface area contributed by atoms with E-state index in [0.29, 0.717) is 25.4 Å². The minimum atomic E-state index is -0.411. The van der Waals surface area contributed by atoms with Gasteiger partial charge in [-0.15, -0.1) is 0 Å². The molecule has 6 nitrogen and oxygen atoms in total. The number of esters is 1. The van der Waals surface area contributed by atoms with Crippen LogP contribution in [0, 0.1) is 0 Å². The zero-order chi connectivity index (χ0) is 19.6. The third kappa shape index (κ3) is 6.27. The summed E-state index contributed by atoms with van der Waals surface area (Å²) in [5.41, 5.74) is 0.373. The molecule has 2 aromatic rings. The van der Waals surface area contributed by atoms with Gasteiger partial charge in [0, 0.05) is 23.5 Å². The predicted octanol–water partition coefficient (Wildman–Crippen LogP) is 3.73. The molecule has 6 heteroatoms. The summed E-state index contributed by atoms with van der Waals surface area (Å²) in [5, 5.41) is 1.90. The molecule has 2 rings (SSSR count). The first-order valence-electron chi connectivity index (χ1n) is 8.77. The molecule has 0 saturated carbocycles. The molecule has 1 unspecified atom stereocenters. The third-order valence-electron chi connectivity index (χ3n) is 3.76. The van der Waals surface area contributed by atoms with E-state index in [-0.39, 0.29) is 12.9 Å². The van der Waals surface area contributed by atoms with Crippen molar-refractivity contribution in [2.45, 2.75) is 20.1 Å². The highest BCUT2D eigenvalue weighted by molar-refractivity contribution is 5.93. The molecule has 0 amide bonds. The van der Waals surface area contributed by atoms with Gasteiger partial charge in [-0.1, -0.05) is 30.8 Å². The minimum absolute atomic E-state index is 0.193. The molecule has 0 heterocycles. The predicted molar refractivity (Wildman–Crippen MR) is 103 cm³/mol. The van der Waals surface area contributed by atoms with Crippen molar-refractivity contribution in [1.29, 1.82) is 0 Å². The van der Waals surface area contributed by atoms with E-state index in [4.69, 9.17) is 23.7 Å².